The highest BCUT2D eigenvalue weighted by Gasteiger charge is 2.48. The number of carbonyl (C=O) groups excluding carboxylic acids is 3. The number of carbonyl (C=O) groups is 3. The Morgan fingerprint density at radius 1 is 1.41 bits per heavy atom. The summed E-state index contributed by atoms with van der Waals surface area (Å²) in [5.41, 5.74) is 0.870. The number of aliphatic hydroxyl groups excluding tert-OH is 1. The maximum atomic E-state index is 12.1. The largest absolute Gasteiger partial charge is 0.455 e. The summed E-state index contributed by atoms with van der Waals surface area (Å²) in [6, 6.07) is 0. The molecule has 0 aromatic carbocycles. The molecule has 0 saturated carbocycles. The van der Waals surface area contributed by atoms with E-state index in [1.54, 1.807) is 0 Å². The van der Waals surface area contributed by atoms with Gasteiger partial charge in [0.1, 0.15) is 24.6 Å². The van der Waals surface area contributed by atoms with Crippen molar-refractivity contribution in [2.24, 2.45) is 5.92 Å². The van der Waals surface area contributed by atoms with E-state index in [1.807, 2.05) is 0 Å². The SMILES string of the molecule is C=C(C)C(=O)O[C@@H]1/C=C(\C=O)[C@H](OC)CCC(=C)[C@H](O)[C@H]2OC(=O)C(=C)[C@@H]21. The zero-order valence-electron chi connectivity index (χ0n) is 15.5. The standard InChI is InChI=1S/C20H24O7/c1-10(2)19(23)26-15-8-13(9-21)14(25-5)7-6-11(3)17(22)18-16(15)12(4)20(24)27-18/h8-9,14-18,22H,1,3-4,6-7H2,2,5H3/b13-8+/t14-,15-,16-,17+,18+/m1/s1. The number of fused-ring (bicyclic) bond motifs is 1. The summed E-state index contributed by atoms with van der Waals surface area (Å²) >= 11 is 0. The predicted molar refractivity (Wildman–Crippen MR) is 96.5 cm³/mol. The fourth-order valence-corrected chi connectivity index (χ4v) is 3.22. The van der Waals surface area contributed by atoms with Crippen molar-refractivity contribution in [2.45, 2.75) is 44.2 Å². The fraction of sp³-hybridized carbons (Fsp3) is 0.450. The minimum absolute atomic E-state index is 0.0439. The van der Waals surface area contributed by atoms with Crippen LogP contribution in [0.4, 0.5) is 0 Å². The summed E-state index contributed by atoms with van der Waals surface area (Å²) in [5.74, 6) is -2.28. The van der Waals surface area contributed by atoms with E-state index in [0.29, 0.717) is 24.7 Å². The van der Waals surface area contributed by atoms with Crippen LogP contribution < -0.4 is 0 Å². The second-order valence-electron chi connectivity index (χ2n) is 6.72. The molecule has 1 saturated heterocycles. The van der Waals surface area contributed by atoms with Gasteiger partial charge < -0.3 is 19.3 Å². The molecule has 0 aromatic rings. The van der Waals surface area contributed by atoms with Crippen molar-refractivity contribution >= 4 is 18.2 Å². The molecule has 1 aliphatic heterocycles. The molecule has 146 valence electrons. The van der Waals surface area contributed by atoms with Crippen LogP contribution in [0.5, 0.6) is 0 Å². The third-order valence-electron chi connectivity index (χ3n) is 4.81. The molecule has 1 N–H and O–H groups in total. The number of methoxy groups -OCH3 is 1. The minimum atomic E-state index is -1.17. The molecule has 27 heavy (non-hydrogen) atoms. The van der Waals surface area contributed by atoms with Gasteiger partial charge in [-0.3, -0.25) is 4.79 Å². The van der Waals surface area contributed by atoms with Crippen molar-refractivity contribution < 1.29 is 33.7 Å². The average molecular weight is 376 g/mol. The smallest absolute Gasteiger partial charge is 0.334 e. The number of esters is 2. The van der Waals surface area contributed by atoms with E-state index in [4.69, 9.17) is 14.2 Å². The van der Waals surface area contributed by atoms with Crippen LogP contribution in [0.25, 0.3) is 0 Å². The summed E-state index contributed by atoms with van der Waals surface area (Å²) in [7, 11) is 1.45. The van der Waals surface area contributed by atoms with Crippen molar-refractivity contribution in [3.05, 3.63) is 48.1 Å². The van der Waals surface area contributed by atoms with E-state index in [9.17, 15) is 19.5 Å². The van der Waals surface area contributed by atoms with Gasteiger partial charge in [-0.05, 0) is 31.4 Å². The highest BCUT2D eigenvalue weighted by atomic mass is 16.6. The third-order valence-corrected chi connectivity index (χ3v) is 4.81. The van der Waals surface area contributed by atoms with Gasteiger partial charge in [-0.25, -0.2) is 9.59 Å². The Kier molecular flexibility index (Phi) is 6.51. The molecule has 1 heterocycles. The molecule has 2 aliphatic rings. The van der Waals surface area contributed by atoms with Gasteiger partial charge in [0.25, 0.3) is 0 Å². The Bertz CT molecular complexity index is 718. The predicted octanol–water partition coefficient (Wildman–Crippen LogP) is 1.42. The Morgan fingerprint density at radius 2 is 2.07 bits per heavy atom. The summed E-state index contributed by atoms with van der Waals surface area (Å²) < 4.78 is 16.1. The number of hydrogen-bond donors (Lipinski definition) is 1. The van der Waals surface area contributed by atoms with Crippen molar-refractivity contribution in [3.63, 3.8) is 0 Å². The molecule has 0 spiro atoms. The van der Waals surface area contributed by atoms with Crippen LogP contribution in [0.2, 0.25) is 0 Å². The number of hydrogen-bond acceptors (Lipinski definition) is 7. The van der Waals surface area contributed by atoms with Gasteiger partial charge in [-0.2, -0.15) is 0 Å². The number of aliphatic hydroxyl groups is 1. The van der Waals surface area contributed by atoms with Crippen molar-refractivity contribution in [2.75, 3.05) is 7.11 Å². The normalized spacial score (nSPS) is 33.4. The van der Waals surface area contributed by atoms with Gasteiger partial charge in [0, 0.05) is 23.8 Å². The highest BCUT2D eigenvalue weighted by molar-refractivity contribution is 5.92. The third kappa shape index (κ3) is 4.26. The molecule has 2 rings (SSSR count). The first kappa shape index (κ1) is 20.8. The van der Waals surface area contributed by atoms with Crippen LogP contribution in [0.3, 0.4) is 0 Å². The highest BCUT2D eigenvalue weighted by Crippen LogP contribution is 2.37. The van der Waals surface area contributed by atoms with Gasteiger partial charge in [0.15, 0.2) is 0 Å². The molecule has 0 radical (unpaired) electrons. The molecule has 1 aliphatic carbocycles. The average Bonchev–Trinajstić information content (AvgIpc) is 2.93. The zero-order chi connectivity index (χ0) is 20.3. The molecule has 7 nitrogen and oxygen atoms in total. The second-order valence-corrected chi connectivity index (χ2v) is 6.72. The molecule has 0 bridgehead atoms. The molecular formula is C20H24O7. The lowest BCUT2D eigenvalue weighted by Crippen LogP contribution is -2.41. The van der Waals surface area contributed by atoms with Crippen LogP contribution in [-0.2, 0) is 28.6 Å². The van der Waals surface area contributed by atoms with Gasteiger partial charge in [0.2, 0.25) is 0 Å². The van der Waals surface area contributed by atoms with Crippen molar-refractivity contribution in [1.29, 1.82) is 0 Å². The zero-order valence-corrected chi connectivity index (χ0v) is 15.5. The summed E-state index contributed by atoms with van der Waals surface area (Å²) in [5, 5.41) is 10.6. The van der Waals surface area contributed by atoms with E-state index in [0.717, 1.165) is 0 Å². The van der Waals surface area contributed by atoms with Gasteiger partial charge in [-0.15, -0.1) is 0 Å². The summed E-state index contributed by atoms with van der Waals surface area (Å²) in [6.07, 6.45) is -1.08. The van der Waals surface area contributed by atoms with Gasteiger partial charge in [-0.1, -0.05) is 19.7 Å². The maximum absolute atomic E-state index is 12.1. The van der Waals surface area contributed by atoms with Crippen LogP contribution in [0.15, 0.2) is 48.1 Å². The lowest BCUT2D eigenvalue weighted by Gasteiger charge is -2.31. The number of aldehydes is 1. The van der Waals surface area contributed by atoms with E-state index >= 15 is 0 Å². The van der Waals surface area contributed by atoms with Gasteiger partial charge in [0.05, 0.1) is 12.0 Å². The first-order valence-corrected chi connectivity index (χ1v) is 8.52. The lowest BCUT2D eigenvalue weighted by atomic mass is 9.82. The van der Waals surface area contributed by atoms with E-state index in [2.05, 4.69) is 19.7 Å². The van der Waals surface area contributed by atoms with E-state index < -0.39 is 42.3 Å². The quantitative estimate of drug-likeness (QED) is 0.343. The Morgan fingerprint density at radius 3 is 2.63 bits per heavy atom. The lowest BCUT2D eigenvalue weighted by molar-refractivity contribution is -0.148. The molecule has 0 unspecified atom stereocenters. The molecule has 0 amide bonds. The first-order valence-electron chi connectivity index (χ1n) is 8.52. The molecule has 1 fully saturated rings. The van der Waals surface area contributed by atoms with Gasteiger partial charge >= 0.3 is 11.9 Å². The number of rotatable bonds is 4. The van der Waals surface area contributed by atoms with Crippen LogP contribution in [-0.4, -0.2) is 54.9 Å². The van der Waals surface area contributed by atoms with E-state index in [-0.39, 0.29) is 16.7 Å². The molecule has 5 atom stereocenters. The van der Waals surface area contributed by atoms with Crippen LogP contribution in [0, 0.1) is 5.92 Å². The Labute approximate surface area is 158 Å². The first-order chi connectivity index (χ1) is 12.7. The molecular weight excluding hydrogens is 352 g/mol. The second kappa shape index (κ2) is 8.45. The van der Waals surface area contributed by atoms with Crippen LogP contribution in [0.1, 0.15) is 19.8 Å². The Balaban J connectivity index is 2.58. The van der Waals surface area contributed by atoms with Crippen molar-refractivity contribution in [3.8, 4) is 0 Å². The Hall–Kier alpha value is -2.51. The molecule has 0 aromatic heterocycles. The maximum Gasteiger partial charge on any atom is 0.334 e. The van der Waals surface area contributed by atoms with Crippen molar-refractivity contribution in [1.82, 2.24) is 0 Å². The topological polar surface area (TPSA) is 99.1 Å². The molecule has 7 heteroatoms. The number of ether oxygens (including phenoxy) is 3. The summed E-state index contributed by atoms with van der Waals surface area (Å²) in [6.45, 7) is 12.6. The summed E-state index contributed by atoms with van der Waals surface area (Å²) in [4.78, 5) is 35.9. The minimum Gasteiger partial charge on any atom is -0.455 e. The monoisotopic (exact) mass is 376 g/mol. The van der Waals surface area contributed by atoms with Crippen LogP contribution >= 0.6 is 0 Å². The van der Waals surface area contributed by atoms with E-state index in [1.165, 1.54) is 20.1 Å². The fourth-order valence-electron chi connectivity index (χ4n) is 3.22.